The van der Waals surface area contributed by atoms with E-state index >= 15 is 0 Å². The van der Waals surface area contributed by atoms with Gasteiger partial charge in [-0.1, -0.05) is 0 Å². The van der Waals surface area contributed by atoms with Crippen molar-refractivity contribution in [3.05, 3.63) is 53.3 Å². The standard InChI is InChI=1S/C18H18ClN5O8S3.2Na/c1-11-10-13(4-7-15(11)35(28,29)30)21-18-23-16(19)22-17(24-18)20-12-2-5-14(6-3-12)34(26,27)9-8-33-32-31-25;;/h2-7,10,25H,8-9H2,1H3,(H,28,29,30)(H2,20,21,22,23,24);;/q;2*+1/p-2. The minimum absolute atomic E-state index is 0. The van der Waals surface area contributed by atoms with E-state index in [1.807, 2.05) is 0 Å². The van der Waals surface area contributed by atoms with E-state index in [2.05, 4.69) is 35.0 Å². The van der Waals surface area contributed by atoms with Gasteiger partial charge in [0.25, 0.3) is 0 Å². The minimum Gasteiger partial charge on any atom is -0.744 e. The molecule has 19 heteroatoms. The molecule has 2 aromatic carbocycles. The van der Waals surface area contributed by atoms with Gasteiger partial charge in [0, 0.05) is 29.2 Å². The molecule has 0 aliphatic carbocycles. The van der Waals surface area contributed by atoms with Gasteiger partial charge in [0.05, 0.1) is 15.5 Å². The molecule has 0 bridgehead atoms. The minimum atomic E-state index is -4.60. The Kier molecular flexibility index (Phi) is 14.2. The molecule has 3 rings (SSSR count). The second-order valence-electron chi connectivity index (χ2n) is 6.74. The van der Waals surface area contributed by atoms with Gasteiger partial charge >= 0.3 is 59.1 Å². The molecule has 0 spiro atoms. The van der Waals surface area contributed by atoms with Gasteiger partial charge in [-0.2, -0.15) is 19.3 Å². The third-order valence-corrected chi connectivity index (χ3v) is 7.97. The maximum Gasteiger partial charge on any atom is 1.00 e. The van der Waals surface area contributed by atoms with Crippen LogP contribution in [0.3, 0.4) is 0 Å². The van der Waals surface area contributed by atoms with Crippen molar-refractivity contribution in [1.82, 2.24) is 15.0 Å². The Hall–Kier alpha value is -0.570. The number of aromatic nitrogens is 3. The van der Waals surface area contributed by atoms with E-state index < -0.39 is 20.0 Å². The summed E-state index contributed by atoms with van der Waals surface area (Å²) in [5.74, 6) is -0.193. The third kappa shape index (κ3) is 10.5. The molecule has 0 fully saturated rings. The van der Waals surface area contributed by atoms with Crippen LogP contribution in [0, 0.1) is 6.92 Å². The number of anilines is 4. The van der Waals surface area contributed by atoms with Crippen LogP contribution in [0.1, 0.15) is 5.56 Å². The van der Waals surface area contributed by atoms with E-state index in [1.165, 1.54) is 49.4 Å². The molecule has 0 radical (unpaired) electrons. The number of hydrogen-bond donors (Lipinski definition) is 2. The van der Waals surface area contributed by atoms with Crippen LogP contribution in [0.5, 0.6) is 0 Å². The first-order valence-corrected chi connectivity index (χ1v) is 13.8. The van der Waals surface area contributed by atoms with Crippen LogP contribution in [-0.2, 0) is 29.3 Å². The largest absolute Gasteiger partial charge is 1.00 e. The van der Waals surface area contributed by atoms with Crippen LogP contribution in [-0.4, -0.2) is 47.8 Å². The number of nitrogens with zero attached hydrogens (tertiary/aromatic N) is 3. The summed E-state index contributed by atoms with van der Waals surface area (Å²) >= 11 is 6.55. The molecule has 0 unspecified atom stereocenters. The van der Waals surface area contributed by atoms with Crippen molar-refractivity contribution in [3.63, 3.8) is 0 Å². The van der Waals surface area contributed by atoms with Gasteiger partial charge in [0.1, 0.15) is 10.1 Å². The summed E-state index contributed by atoms with van der Waals surface area (Å²) in [6.45, 7) is 1.47. The van der Waals surface area contributed by atoms with Gasteiger partial charge in [-0.25, -0.2) is 16.8 Å². The number of rotatable bonds is 11. The maximum absolute atomic E-state index is 12.3. The van der Waals surface area contributed by atoms with Crippen LogP contribution >= 0.6 is 23.6 Å². The Morgan fingerprint density at radius 1 is 0.946 bits per heavy atom. The van der Waals surface area contributed by atoms with Crippen LogP contribution in [0.2, 0.25) is 5.28 Å². The molecule has 2 N–H and O–H groups in total. The summed E-state index contributed by atoms with van der Waals surface area (Å²) in [4.78, 5) is 11.8. The summed E-state index contributed by atoms with van der Waals surface area (Å²) in [6, 6.07) is 9.72. The Morgan fingerprint density at radius 3 is 2.05 bits per heavy atom. The predicted octanol–water partition coefficient (Wildman–Crippen LogP) is -4.12. The second-order valence-corrected chi connectivity index (χ2v) is 11.3. The number of benzene rings is 2. The predicted molar refractivity (Wildman–Crippen MR) is 124 cm³/mol. The first-order valence-electron chi connectivity index (χ1n) is 9.41. The molecule has 1 heterocycles. The van der Waals surface area contributed by atoms with Crippen LogP contribution in [0.25, 0.3) is 0 Å². The van der Waals surface area contributed by atoms with E-state index in [0.29, 0.717) is 23.4 Å². The second kappa shape index (κ2) is 15.3. The topological polar surface area (TPSA) is 196 Å². The zero-order chi connectivity index (χ0) is 25.6. The van der Waals surface area contributed by atoms with Crippen molar-refractivity contribution in [2.45, 2.75) is 16.7 Å². The van der Waals surface area contributed by atoms with Gasteiger partial charge in [0.15, 0.2) is 9.84 Å². The molecular weight excluding hydrogens is 592 g/mol. The van der Waals surface area contributed by atoms with Gasteiger partial charge < -0.3 is 20.4 Å². The average molecular weight is 608 g/mol. The Morgan fingerprint density at radius 2 is 1.51 bits per heavy atom. The molecule has 0 saturated carbocycles. The average Bonchev–Trinajstić information content (AvgIpc) is 2.76. The van der Waals surface area contributed by atoms with E-state index in [-0.39, 0.29) is 103 Å². The number of sulfone groups is 1. The van der Waals surface area contributed by atoms with E-state index in [1.54, 1.807) is 0 Å². The van der Waals surface area contributed by atoms with E-state index in [9.17, 15) is 26.6 Å². The van der Waals surface area contributed by atoms with Crippen molar-refractivity contribution < 1.29 is 95.1 Å². The van der Waals surface area contributed by atoms with Gasteiger partial charge in [-0.3, -0.25) is 5.04 Å². The molecular formula is C18H16ClN5Na2O8S3. The summed E-state index contributed by atoms with van der Waals surface area (Å²) in [5, 5.41) is 18.5. The van der Waals surface area contributed by atoms with Gasteiger partial charge in [0.2, 0.25) is 17.2 Å². The number of aryl methyl sites for hydroxylation is 1. The first kappa shape index (κ1) is 34.5. The van der Waals surface area contributed by atoms with Crippen molar-refractivity contribution in [3.8, 4) is 0 Å². The first-order chi connectivity index (χ1) is 16.5. The molecule has 188 valence electrons. The van der Waals surface area contributed by atoms with Crippen molar-refractivity contribution >= 4 is 66.9 Å². The summed E-state index contributed by atoms with van der Waals surface area (Å²) in [5.41, 5.74) is 1.10. The van der Waals surface area contributed by atoms with Crippen molar-refractivity contribution in [1.29, 1.82) is 0 Å². The van der Waals surface area contributed by atoms with E-state index in [4.69, 9.17) is 11.6 Å². The molecule has 3 aromatic rings. The van der Waals surface area contributed by atoms with Crippen LogP contribution in [0.15, 0.2) is 52.3 Å². The Labute approximate surface area is 266 Å². The Balaban J connectivity index is 0.00000342. The monoisotopic (exact) mass is 607 g/mol. The smallest absolute Gasteiger partial charge is 0.744 e. The third-order valence-electron chi connectivity index (χ3n) is 4.29. The summed E-state index contributed by atoms with van der Waals surface area (Å²) in [6.07, 6.45) is 0. The fourth-order valence-electron chi connectivity index (χ4n) is 2.79. The zero-order valence-electron chi connectivity index (χ0n) is 19.7. The van der Waals surface area contributed by atoms with E-state index in [0.717, 1.165) is 0 Å². The number of hydrogen-bond acceptors (Lipinski definition) is 14. The molecule has 0 aliphatic rings. The molecule has 0 saturated heterocycles. The Bertz CT molecular complexity index is 1420. The molecule has 0 amide bonds. The van der Waals surface area contributed by atoms with Crippen LogP contribution in [0.4, 0.5) is 23.3 Å². The molecule has 37 heavy (non-hydrogen) atoms. The molecule has 0 atom stereocenters. The fraction of sp³-hybridized carbons (Fsp3) is 0.167. The quantitative estimate of drug-likeness (QED) is 0.0532. The van der Waals surface area contributed by atoms with Crippen LogP contribution < -0.4 is 75.0 Å². The zero-order valence-corrected chi connectivity index (χ0v) is 26.9. The summed E-state index contributed by atoms with van der Waals surface area (Å²) in [7, 11) is -8.21. The van der Waals surface area contributed by atoms with Crippen molar-refractivity contribution in [2.24, 2.45) is 0 Å². The maximum atomic E-state index is 12.3. The normalized spacial score (nSPS) is 11.2. The summed E-state index contributed by atoms with van der Waals surface area (Å²) < 4.78 is 62.4. The number of halogens is 1. The van der Waals surface area contributed by atoms with Crippen molar-refractivity contribution in [2.75, 3.05) is 22.1 Å². The van der Waals surface area contributed by atoms with Gasteiger partial charge in [-0.05, 0) is 66.6 Å². The SMILES string of the molecule is Cc1cc(Nc2nc(Cl)nc(Nc3ccc(S(=O)(=O)CCSOO[O-])cc3)n2)ccc1S(=O)(=O)[O-].[Na+].[Na+]. The molecule has 13 nitrogen and oxygen atoms in total. The molecule has 1 aromatic heterocycles. The fourth-order valence-corrected chi connectivity index (χ4v) is 5.68. The molecule has 0 aliphatic heterocycles. The van der Waals surface area contributed by atoms with Gasteiger partial charge in [-0.15, -0.1) is 0 Å². The number of nitrogens with one attached hydrogen (secondary N) is 2.